The highest BCUT2D eigenvalue weighted by Gasteiger charge is 2.13. The Labute approximate surface area is 167 Å². The summed E-state index contributed by atoms with van der Waals surface area (Å²) in [5.41, 5.74) is 0.846. The van der Waals surface area contributed by atoms with Crippen LogP contribution in [0.5, 0.6) is 5.75 Å². The Morgan fingerprint density at radius 3 is 2.28 bits per heavy atom. The van der Waals surface area contributed by atoms with Crippen LogP contribution >= 0.6 is 0 Å². The summed E-state index contributed by atoms with van der Waals surface area (Å²) in [4.78, 5) is 11.8. The van der Waals surface area contributed by atoms with Gasteiger partial charge >= 0.3 is 6.61 Å². The van der Waals surface area contributed by atoms with E-state index < -0.39 is 22.5 Å². The average molecular weight is 430 g/mol. The summed E-state index contributed by atoms with van der Waals surface area (Å²) in [6.45, 7) is -2.45. The average Bonchev–Trinajstić information content (AvgIpc) is 2.66. The maximum Gasteiger partial charge on any atom is 0.387 e. The number of alkyl halides is 2. The van der Waals surface area contributed by atoms with Crippen molar-refractivity contribution in [3.8, 4) is 5.75 Å². The molecule has 158 valence electrons. The van der Waals surface area contributed by atoms with Crippen molar-refractivity contribution in [3.05, 3.63) is 59.9 Å². The van der Waals surface area contributed by atoms with Crippen LogP contribution in [0.4, 0.5) is 13.2 Å². The van der Waals surface area contributed by atoms with Crippen molar-refractivity contribution in [1.82, 2.24) is 10.0 Å². The van der Waals surface area contributed by atoms with Gasteiger partial charge in [0.2, 0.25) is 15.9 Å². The minimum Gasteiger partial charge on any atom is -0.435 e. The molecule has 0 unspecified atom stereocenters. The second kappa shape index (κ2) is 10.8. The van der Waals surface area contributed by atoms with E-state index in [2.05, 4.69) is 14.8 Å². The Morgan fingerprint density at radius 2 is 1.66 bits per heavy atom. The number of benzene rings is 2. The van der Waals surface area contributed by atoms with Crippen molar-refractivity contribution >= 4 is 15.9 Å². The monoisotopic (exact) mass is 430 g/mol. The third kappa shape index (κ3) is 8.12. The first kappa shape index (κ1) is 22.7. The molecular formula is C19H21F3N2O4S. The van der Waals surface area contributed by atoms with Crippen LogP contribution in [0.15, 0.2) is 53.4 Å². The highest BCUT2D eigenvalue weighted by molar-refractivity contribution is 7.89. The highest BCUT2D eigenvalue weighted by Crippen LogP contribution is 2.15. The summed E-state index contributed by atoms with van der Waals surface area (Å²) in [6, 6.07) is 10.6. The number of nitrogens with one attached hydrogen (secondary N) is 2. The fourth-order valence-corrected chi connectivity index (χ4v) is 3.50. The lowest BCUT2D eigenvalue weighted by Crippen LogP contribution is -2.28. The lowest BCUT2D eigenvalue weighted by atomic mass is 10.1. The molecule has 0 aliphatic rings. The van der Waals surface area contributed by atoms with Crippen molar-refractivity contribution in [2.24, 2.45) is 0 Å². The van der Waals surface area contributed by atoms with E-state index in [1.165, 1.54) is 12.1 Å². The molecule has 0 spiro atoms. The van der Waals surface area contributed by atoms with Gasteiger partial charge in [-0.15, -0.1) is 0 Å². The van der Waals surface area contributed by atoms with E-state index in [4.69, 9.17) is 0 Å². The second-order valence-corrected chi connectivity index (χ2v) is 7.84. The predicted octanol–water partition coefficient (Wildman–Crippen LogP) is 2.84. The zero-order chi connectivity index (χ0) is 21.3. The number of hydrogen-bond donors (Lipinski definition) is 2. The van der Waals surface area contributed by atoms with E-state index in [0.717, 1.165) is 29.8 Å². The first-order valence-corrected chi connectivity index (χ1v) is 10.3. The summed E-state index contributed by atoms with van der Waals surface area (Å²) in [6.07, 6.45) is 0.941. The molecule has 2 rings (SSSR count). The van der Waals surface area contributed by atoms with E-state index in [9.17, 15) is 26.4 Å². The number of hydrogen-bond acceptors (Lipinski definition) is 4. The maximum absolute atomic E-state index is 12.9. The van der Waals surface area contributed by atoms with Crippen LogP contribution in [-0.4, -0.2) is 34.0 Å². The third-order valence-electron chi connectivity index (χ3n) is 3.88. The van der Waals surface area contributed by atoms with Gasteiger partial charge < -0.3 is 10.1 Å². The minimum atomic E-state index is -3.74. The lowest BCUT2D eigenvalue weighted by Gasteiger charge is -2.08. The lowest BCUT2D eigenvalue weighted by molar-refractivity contribution is -0.121. The molecule has 2 aromatic rings. The molecule has 29 heavy (non-hydrogen) atoms. The normalized spacial score (nSPS) is 11.4. The van der Waals surface area contributed by atoms with E-state index in [1.54, 1.807) is 12.1 Å². The molecule has 0 saturated heterocycles. The molecule has 0 bridgehead atoms. The molecule has 0 atom stereocenters. The van der Waals surface area contributed by atoms with Gasteiger partial charge in [0.25, 0.3) is 0 Å². The van der Waals surface area contributed by atoms with Crippen LogP contribution in [0.25, 0.3) is 0 Å². The van der Waals surface area contributed by atoms with Crippen molar-refractivity contribution < 1.29 is 31.1 Å². The van der Waals surface area contributed by atoms with Crippen LogP contribution in [0.3, 0.4) is 0 Å². The first-order chi connectivity index (χ1) is 13.8. The van der Waals surface area contributed by atoms with Crippen molar-refractivity contribution in [2.45, 2.75) is 30.8 Å². The SMILES string of the molecule is O=C(CCCNS(=O)(=O)c1ccc(F)cc1)NCCc1ccc(OC(F)F)cc1. The molecule has 0 aliphatic carbocycles. The van der Waals surface area contributed by atoms with Crippen LogP contribution in [-0.2, 0) is 21.2 Å². The van der Waals surface area contributed by atoms with E-state index >= 15 is 0 Å². The van der Waals surface area contributed by atoms with Gasteiger partial charge in [-0.3, -0.25) is 4.79 Å². The van der Waals surface area contributed by atoms with Gasteiger partial charge in [-0.25, -0.2) is 17.5 Å². The standard InChI is InChI=1S/C19H21F3N2O4S/c20-15-5-9-17(10-6-15)29(26,27)24-12-1-2-18(25)23-13-11-14-3-7-16(8-4-14)28-19(21)22/h3-10,19,24H,1-2,11-13H2,(H,23,25). The largest absolute Gasteiger partial charge is 0.435 e. The summed E-state index contributed by atoms with van der Waals surface area (Å²) >= 11 is 0. The third-order valence-corrected chi connectivity index (χ3v) is 5.36. The second-order valence-electron chi connectivity index (χ2n) is 6.08. The van der Waals surface area contributed by atoms with Crippen molar-refractivity contribution in [2.75, 3.05) is 13.1 Å². The maximum atomic E-state index is 12.9. The first-order valence-electron chi connectivity index (χ1n) is 8.82. The molecule has 2 aromatic carbocycles. The molecule has 0 fully saturated rings. The van der Waals surface area contributed by atoms with Gasteiger partial charge in [-0.05, 0) is 54.8 Å². The predicted molar refractivity (Wildman–Crippen MR) is 101 cm³/mol. The number of amides is 1. The number of halogens is 3. The Balaban J connectivity index is 1.64. The molecule has 6 nitrogen and oxygen atoms in total. The fraction of sp³-hybridized carbons (Fsp3) is 0.316. The Kier molecular flexibility index (Phi) is 8.47. The summed E-state index contributed by atoms with van der Waals surface area (Å²) in [7, 11) is -3.74. The topological polar surface area (TPSA) is 84.5 Å². The van der Waals surface area contributed by atoms with E-state index in [-0.39, 0.29) is 29.5 Å². The number of carbonyl (C=O) groups excluding carboxylic acids is 1. The highest BCUT2D eigenvalue weighted by atomic mass is 32.2. The van der Waals surface area contributed by atoms with Gasteiger partial charge in [0.1, 0.15) is 11.6 Å². The van der Waals surface area contributed by atoms with Gasteiger partial charge in [0, 0.05) is 19.5 Å². The molecule has 0 saturated carbocycles. The fourth-order valence-electron chi connectivity index (χ4n) is 2.42. The van der Waals surface area contributed by atoms with Gasteiger partial charge in [0.05, 0.1) is 4.90 Å². The number of carbonyl (C=O) groups is 1. The number of sulfonamides is 1. The van der Waals surface area contributed by atoms with Gasteiger partial charge in [-0.2, -0.15) is 8.78 Å². The van der Waals surface area contributed by atoms with E-state index in [0.29, 0.717) is 19.4 Å². The Bertz CT molecular complexity index is 889. The van der Waals surface area contributed by atoms with Crippen molar-refractivity contribution in [3.63, 3.8) is 0 Å². The number of rotatable bonds is 11. The summed E-state index contributed by atoms with van der Waals surface area (Å²) in [5.74, 6) is -0.697. The molecule has 0 heterocycles. The number of ether oxygens (including phenoxy) is 1. The molecule has 0 aliphatic heterocycles. The summed E-state index contributed by atoms with van der Waals surface area (Å²) in [5, 5.41) is 2.70. The Hall–Kier alpha value is -2.59. The molecular weight excluding hydrogens is 409 g/mol. The van der Waals surface area contributed by atoms with Gasteiger partial charge in [-0.1, -0.05) is 12.1 Å². The zero-order valence-corrected chi connectivity index (χ0v) is 16.2. The Morgan fingerprint density at radius 1 is 1.00 bits per heavy atom. The van der Waals surface area contributed by atoms with E-state index in [1.807, 2.05) is 0 Å². The molecule has 10 heteroatoms. The molecule has 2 N–H and O–H groups in total. The van der Waals surface area contributed by atoms with Crippen molar-refractivity contribution in [1.29, 1.82) is 0 Å². The zero-order valence-electron chi connectivity index (χ0n) is 15.4. The van der Waals surface area contributed by atoms with Crippen LogP contribution in [0, 0.1) is 5.82 Å². The molecule has 1 amide bonds. The van der Waals surface area contributed by atoms with Crippen LogP contribution in [0.1, 0.15) is 18.4 Å². The van der Waals surface area contributed by atoms with Gasteiger partial charge in [0.15, 0.2) is 0 Å². The molecule has 0 radical (unpaired) electrons. The minimum absolute atomic E-state index is 0.0479. The molecule has 0 aromatic heterocycles. The van der Waals surface area contributed by atoms with Crippen LogP contribution < -0.4 is 14.8 Å². The quantitative estimate of drug-likeness (QED) is 0.537. The van der Waals surface area contributed by atoms with Crippen LogP contribution in [0.2, 0.25) is 0 Å². The summed E-state index contributed by atoms with van der Waals surface area (Å²) < 4.78 is 67.7. The smallest absolute Gasteiger partial charge is 0.387 e.